The number of amides is 1. The highest BCUT2D eigenvalue weighted by molar-refractivity contribution is 14.1. The first-order valence-electron chi connectivity index (χ1n) is 5.59. The first-order valence-corrected chi connectivity index (χ1v) is 8.83. The van der Waals surface area contributed by atoms with Gasteiger partial charge in [0.05, 0.1) is 12.2 Å². The number of benzene rings is 1. The minimum atomic E-state index is -0.946. The van der Waals surface area contributed by atoms with E-state index in [2.05, 4.69) is 73.1 Å². The molecule has 1 aromatic carbocycles. The molecule has 0 radical (unpaired) electrons. The van der Waals surface area contributed by atoms with E-state index < -0.39 is 12.0 Å². The van der Waals surface area contributed by atoms with Crippen LogP contribution < -0.4 is 5.32 Å². The molecule has 20 heavy (non-hydrogen) atoms. The highest BCUT2D eigenvalue weighted by Gasteiger charge is 2.20. The zero-order valence-corrected chi connectivity index (χ0v) is 17.3. The van der Waals surface area contributed by atoms with Gasteiger partial charge in [-0.3, -0.25) is 14.5 Å². The molecule has 0 heterocycles. The number of hydrogen-bond acceptors (Lipinski definition) is 3. The van der Waals surface area contributed by atoms with Gasteiger partial charge >= 0.3 is 5.97 Å². The molecule has 0 saturated carbocycles. The third-order valence-corrected chi connectivity index (χ3v) is 5.01. The topological polar surface area (TPSA) is 69.6 Å². The third-order valence-electron chi connectivity index (χ3n) is 2.68. The van der Waals surface area contributed by atoms with Gasteiger partial charge in [0.15, 0.2) is 0 Å². The first kappa shape index (κ1) is 18.4. The van der Waals surface area contributed by atoms with Gasteiger partial charge in [-0.25, -0.2) is 0 Å². The minimum Gasteiger partial charge on any atom is -0.480 e. The lowest BCUT2D eigenvalue weighted by atomic mass is 10.3. The Hall–Kier alpha value is 0.310. The summed E-state index contributed by atoms with van der Waals surface area (Å²) in [6.45, 7) is 1.58. The van der Waals surface area contributed by atoms with Crippen LogP contribution in [0.15, 0.2) is 12.1 Å². The molecule has 8 heteroatoms. The van der Waals surface area contributed by atoms with Crippen molar-refractivity contribution in [2.75, 3.05) is 18.9 Å². The monoisotopic (exact) mass is 614 g/mol. The quantitative estimate of drug-likeness (QED) is 0.502. The molecular weight excluding hydrogens is 601 g/mol. The van der Waals surface area contributed by atoms with E-state index >= 15 is 0 Å². The Morgan fingerprint density at radius 2 is 1.80 bits per heavy atom. The second-order valence-electron chi connectivity index (χ2n) is 4.22. The van der Waals surface area contributed by atoms with Gasteiger partial charge in [-0.05, 0) is 93.9 Å². The number of anilines is 1. The third kappa shape index (κ3) is 5.26. The summed E-state index contributed by atoms with van der Waals surface area (Å²) in [5, 5.41) is 11.7. The van der Waals surface area contributed by atoms with Gasteiger partial charge in [0, 0.05) is 10.7 Å². The van der Waals surface area contributed by atoms with Gasteiger partial charge in [0.1, 0.15) is 6.04 Å². The predicted octanol–water partition coefficient (Wildman–Crippen LogP) is 2.84. The van der Waals surface area contributed by atoms with Crippen molar-refractivity contribution in [3.63, 3.8) is 0 Å². The number of nitrogens with one attached hydrogen (secondary N) is 1. The van der Waals surface area contributed by atoms with Crippen molar-refractivity contribution in [1.29, 1.82) is 0 Å². The molecule has 0 bridgehead atoms. The fourth-order valence-corrected chi connectivity index (χ4v) is 5.24. The lowest BCUT2D eigenvalue weighted by molar-refractivity contribution is -0.142. The number of rotatable bonds is 5. The molecule has 1 atom stereocenters. The van der Waals surface area contributed by atoms with Crippen LogP contribution in [0.4, 0.5) is 5.69 Å². The van der Waals surface area contributed by atoms with Crippen LogP contribution >= 0.6 is 67.8 Å². The van der Waals surface area contributed by atoms with E-state index in [1.807, 2.05) is 12.1 Å². The summed E-state index contributed by atoms with van der Waals surface area (Å²) < 4.78 is 3.02. The Kier molecular flexibility index (Phi) is 7.41. The highest BCUT2D eigenvalue weighted by Crippen LogP contribution is 2.27. The van der Waals surface area contributed by atoms with Crippen molar-refractivity contribution in [2.45, 2.75) is 13.0 Å². The van der Waals surface area contributed by atoms with Crippen LogP contribution in [0.25, 0.3) is 0 Å². The van der Waals surface area contributed by atoms with Gasteiger partial charge in [-0.15, -0.1) is 0 Å². The molecule has 0 saturated heterocycles. The van der Waals surface area contributed by atoms with E-state index in [4.69, 9.17) is 5.11 Å². The van der Waals surface area contributed by atoms with E-state index in [9.17, 15) is 9.59 Å². The van der Waals surface area contributed by atoms with Gasteiger partial charge in [-0.1, -0.05) is 0 Å². The fourth-order valence-electron chi connectivity index (χ4n) is 1.39. The number of carbonyl (C=O) groups excluding carboxylic acids is 1. The van der Waals surface area contributed by atoms with Crippen molar-refractivity contribution < 1.29 is 14.7 Å². The molecule has 0 spiro atoms. The number of carboxylic acids is 1. The smallest absolute Gasteiger partial charge is 0.320 e. The molecule has 2 N–H and O–H groups in total. The zero-order chi connectivity index (χ0) is 15.4. The summed E-state index contributed by atoms with van der Waals surface area (Å²) in [7, 11) is 1.61. The van der Waals surface area contributed by atoms with E-state index in [1.54, 1.807) is 14.0 Å². The van der Waals surface area contributed by atoms with E-state index in [-0.39, 0.29) is 12.5 Å². The molecular formula is C12H13I3N2O3. The van der Waals surface area contributed by atoms with Crippen molar-refractivity contribution in [1.82, 2.24) is 4.90 Å². The average molecular weight is 614 g/mol. The molecule has 0 aliphatic carbocycles. The average Bonchev–Trinajstić information content (AvgIpc) is 2.32. The second-order valence-corrected chi connectivity index (χ2v) is 7.79. The Morgan fingerprint density at radius 1 is 1.30 bits per heavy atom. The van der Waals surface area contributed by atoms with Crippen LogP contribution in [0.1, 0.15) is 6.92 Å². The van der Waals surface area contributed by atoms with Crippen LogP contribution in [0.5, 0.6) is 0 Å². The number of carboxylic acid groups (broad SMARTS) is 1. The van der Waals surface area contributed by atoms with Crippen LogP contribution in [0, 0.1) is 10.7 Å². The Labute approximate surface area is 158 Å². The number of likely N-dealkylation sites (N-methyl/N-ethyl adjacent to an activating group) is 1. The summed E-state index contributed by atoms with van der Waals surface area (Å²) in [6.07, 6.45) is 0. The number of halogens is 3. The van der Waals surface area contributed by atoms with Crippen LogP contribution in [-0.4, -0.2) is 41.5 Å². The molecule has 1 unspecified atom stereocenters. The summed E-state index contributed by atoms with van der Waals surface area (Å²) in [5.41, 5.74) is 0.771. The maximum atomic E-state index is 12.0. The van der Waals surface area contributed by atoms with Crippen molar-refractivity contribution in [3.8, 4) is 0 Å². The Balaban J connectivity index is 2.75. The summed E-state index contributed by atoms with van der Waals surface area (Å²) in [6, 6.07) is 3.25. The number of hydrogen-bond donors (Lipinski definition) is 2. The van der Waals surface area contributed by atoms with Gasteiger partial charge < -0.3 is 10.4 Å². The molecule has 0 aliphatic heterocycles. The molecule has 1 rings (SSSR count). The lowest BCUT2D eigenvalue weighted by Crippen LogP contribution is -2.40. The minimum absolute atomic E-state index is 0.0333. The molecule has 0 aliphatic rings. The fraction of sp³-hybridized carbons (Fsp3) is 0.333. The predicted molar refractivity (Wildman–Crippen MR) is 103 cm³/mol. The second kappa shape index (κ2) is 8.08. The lowest BCUT2D eigenvalue weighted by Gasteiger charge is -2.20. The van der Waals surface area contributed by atoms with Crippen molar-refractivity contribution >= 4 is 85.3 Å². The molecule has 5 nitrogen and oxygen atoms in total. The number of aliphatic carboxylic acids is 1. The normalized spacial score (nSPS) is 12.3. The standard InChI is InChI=1S/C12H13I3N2O3/c1-6(12(19)20)17(2)5-10(18)16-11-8(14)3-7(13)4-9(11)15/h3-4,6H,5H2,1-2H3,(H,16,18)(H,19,20). The Morgan fingerprint density at radius 3 is 2.25 bits per heavy atom. The molecule has 0 fully saturated rings. The summed E-state index contributed by atoms with van der Waals surface area (Å²) in [5.74, 6) is -1.17. The van der Waals surface area contributed by atoms with E-state index in [0.29, 0.717) is 0 Å². The van der Waals surface area contributed by atoms with Crippen LogP contribution in [0.2, 0.25) is 0 Å². The van der Waals surface area contributed by atoms with Crippen LogP contribution in [0.3, 0.4) is 0 Å². The number of nitrogens with zero attached hydrogens (tertiary/aromatic N) is 1. The van der Waals surface area contributed by atoms with Gasteiger partial charge in [-0.2, -0.15) is 0 Å². The Bertz CT molecular complexity index is 514. The maximum absolute atomic E-state index is 12.0. The maximum Gasteiger partial charge on any atom is 0.320 e. The molecule has 1 amide bonds. The summed E-state index contributed by atoms with van der Waals surface area (Å²) in [4.78, 5) is 24.3. The van der Waals surface area contributed by atoms with Gasteiger partial charge in [0.2, 0.25) is 5.91 Å². The van der Waals surface area contributed by atoms with Crippen LogP contribution in [-0.2, 0) is 9.59 Å². The molecule has 110 valence electrons. The number of carbonyl (C=O) groups is 2. The van der Waals surface area contributed by atoms with E-state index in [0.717, 1.165) is 16.4 Å². The first-order chi connectivity index (χ1) is 9.22. The van der Waals surface area contributed by atoms with Crippen molar-refractivity contribution in [2.24, 2.45) is 0 Å². The summed E-state index contributed by atoms with van der Waals surface area (Å²) >= 11 is 6.56. The van der Waals surface area contributed by atoms with E-state index in [1.165, 1.54) is 4.90 Å². The molecule has 0 aromatic heterocycles. The molecule has 1 aromatic rings. The van der Waals surface area contributed by atoms with Crippen molar-refractivity contribution in [3.05, 3.63) is 22.8 Å². The SMILES string of the molecule is CC(C(=O)O)N(C)CC(=O)Nc1c(I)cc(I)cc1I. The highest BCUT2D eigenvalue weighted by atomic mass is 127. The van der Waals surface area contributed by atoms with Gasteiger partial charge in [0.25, 0.3) is 0 Å². The largest absolute Gasteiger partial charge is 0.480 e. The zero-order valence-electron chi connectivity index (χ0n) is 10.8.